The van der Waals surface area contributed by atoms with Crippen LogP contribution in [0.5, 0.6) is 11.5 Å². The average Bonchev–Trinajstić information content (AvgIpc) is 2.82. The number of hydrogen-bond acceptors (Lipinski definition) is 6. The second-order valence-corrected chi connectivity index (χ2v) is 9.96. The maximum Gasteiger partial charge on any atom is 0.255 e. The van der Waals surface area contributed by atoms with Crippen molar-refractivity contribution in [2.24, 2.45) is 11.7 Å². The zero-order valence-electron chi connectivity index (χ0n) is 18.1. The number of amides is 2. The highest BCUT2D eigenvalue weighted by Crippen LogP contribution is 2.36. The Morgan fingerprint density at radius 3 is 2.45 bits per heavy atom. The third kappa shape index (κ3) is 6.16. The molecule has 0 radical (unpaired) electrons. The fourth-order valence-corrected chi connectivity index (χ4v) is 5.32. The molecule has 1 aliphatic heterocycles. The summed E-state index contributed by atoms with van der Waals surface area (Å²) in [5, 5.41) is 2.98. The minimum atomic E-state index is -3.51. The monoisotopic (exact) mass is 495 g/mol. The number of halogens is 1. The molecule has 1 heterocycles. The van der Waals surface area contributed by atoms with E-state index in [9.17, 15) is 18.0 Å². The van der Waals surface area contributed by atoms with Crippen LogP contribution in [-0.2, 0) is 14.8 Å². The Morgan fingerprint density at radius 2 is 1.85 bits per heavy atom. The van der Waals surface area contributed by atoms with Crippen molar-refractivity contribution < 1.29 is 27.5 Å². The Bertz CT molecular complexity index is 1100. The highest BCUT2D eigenvalue weighted by molar-refractivity contribution is 7.89. The molecule has 1 fully saturated rings. The van der Waals surface area contributed by atoms with E-state index in [0.29, 0.717) is 32.5 Å². The molecule has 0 aromatic heterocycles. The van der Waals surface area contributed by atoms with Gasteiger partial charge >= 0.3 is 0 Å². The molecule has 3 rings (SSSR count). The Kier molecular flexibility index (Phi) is 8.17. The number of nitrogens with zero attached hydrogens (tertiary/aromatic N) is 1. The molecule has 0 aliphatic carbocycles. The van der Waals surface area contributed by atoms with E-state index in [1.165, 1.54) is 23.5 Å². The van der Waals surface area contributed by atoms with Crippen LogP contribution >= 0.6 is 11.6 Å². The molecule has 2 amide bonds. The van der Waals surface area contributed by atoms with E-state index in [-0.39, 0.29) is 45.4 Å². The molecule has 33 heavy (non-hydrogen) atoms. The van der Waals surface area contributed by atoms with Crippen LogP contribution in [0.4, 0.5) is 0 Å². The van der Waals surface area contributed by atoms with Gasteiger partial charge in [0.05, 0.1) is 17.0 Å². The fourth-order valence-electron chi connectivity index (χ4n) is 3.57. The zero-order chi connectivity index (χ0) is 24.0. The van der Waals surface area contributed by atoms with Crippen LogP contribution < -0.4 is 20.5 Å². The molecular formula is C22H26ClN3O6S. The number of rotatable bonds is 9. The van der Waals surface area contributed by atoms with Crippen LogP contribution in [0.15, 0.2) is 47.4 Å². The molecule has 1 saturated heterocycles. The smallest absolute Gasteiger partial charge is 0.255 e. The van der Waals surface area contributed by atoms with Crippen LogP contribution in [0, 0.1) is 5.92 Å². The van der Waals surface area contributed by atoms with Gasteiger partial charge in [0.25, 0.3) is 11.8 Å². The maximum atomic E-state index is 12.7. The lowest BCUT2D eigenvalue weighted by atomic mass is 9.98. The van der Waals surface area contributed by atoms with Crippen LogP contribution in [-0.4, -0.2) is 57.9 Å². The molecule has 2 aromatic rings. The molecule has 2 aromatic carbocycles. The van der Waals surface area contributed by atoms with E-state index < -0.39 is 15.9 Å². The first kappa shape index (κ1) is 24.8. The Labute approximate surface area is 197 Å². The van der Waals surface area contributed by atoms with Gasteiger partial charge in [0.1, 0.15) is 0 Å². The van der Waals surface area contributed by atoms with E-state index in [2.05, 4.69) is 5.32 Å². The summed E-state index contributed by atoms with van der Waals surface area (Å²) in [6, 6.07) is 11.2. The molecule has 11 heteroatoms. The van der Waals surface area contributed by atoms with Gasteiger partial charge in [-0.3, -0.25) is 9.59 Å². The number of nitrogens with two attached hydrogens (primary N) is 1. The molecular weight excluding hydrogens is 470 g/mol. The van der Waals surface area contributed by atoms with Crippen molar-refractivity contribution in [2.45, 2.75) is 17.7 Å². The number of hydrogen-bond donors (Lipinski definition) is 2. The van der Waals surface area contributed by atoms with Crippen LogP contribution in [0.1, 0.15) is 23.2 Å². The van der Waals surface area contributed by atoms with E-state index in [1.54, 1.807) is 30.3 Å². The zero-order valence-corrected chi connectivity index (χ0v) is 19.7. The number of carbonyl (C=O) groups excluding carboxylic acids is 2. The van der Waals surface area contributed by atoms with Crippen LogP contribution in [0.3, 0.4) is 0 Å². The van der Waals surface area contributed by atoms with Gasteiger partial charge in [0.2, 0.25) is 10.0 Å². The summed E-state index contributed by atoms with van der Waals surface area (Å²) in [6.07, 6.45) is 1.27. The van der Waals surface area contributed by atoms with Crippen LogP contribution in [0.2, 0.25) is 5.02 Å². The van der Waals surface area contributed by atoms with Gasteiger partial charge in [-0.1, -0.05) is 29.8 Å². The topological polar surface area (TPSA) is 128 Å². The van der Waals surface area contributed by atoms with Crippen molar-refractivity contribution >= 4 is 33.4 Å². The number of ether oxygens (including phenoxy) is 2. The number of piperidine rings is 1. The fraction of sp³-hybridized carbons (Fsp3) is 0.364. The molecule has 3 N–H and O–H groups in total. The van der Waals surface area contributed by atoms with E-state index in [0.717, 1.165) is 0 Å². The van der Waals surface area contributed by atoms with Crippen LogP contribution in [0.25, 0.3) is 0 Å². The molecule has 9 nitrogen and oxygen atoms in total. The predicted octanol–water partition coefficient (Wildman–Crippen LogP) is 2.04. The minimum absolute atomic E-state index is 0.111. The minimum Gasteiger partial charge on any atom is -0.493 e. The van der Waals surface area contributed by atoms with Gasteiger partial charge in [-0.15, -0.1) is 0 Å². The second-order valence-electron chi connectivity index (χ2n) is 7.61. The van der Waals surface area contributed by atoms with E-state index >= 15 is 0 Å². The van der Waals surface area contributed by atoms with E-state index in [1.807, 2.05) is 0 Å². The molecule has 0 atom stereocenters. The van der Waals surface area contributed by atoms with E-state index in [4.69, 9.17) is 26.8 Å². The Hall–Kier alpha value is -2.82. The summed E-state index contributed by atoms with van der Waals surface area (Å²) in [7, 11) is -2.12. The van der Waals surface area contributed by atoms with Crippen molar-refractivity contribution in [3.8, 4) is 11.5 Å². The number of nitrogens with one attached hydrogen (secondary N) is 1. The molecule has 0 saturated carbocycles. The van der Waals surface area contributed by atoms with Crippen molar-refractivity contribution in [3.05, 3.63) is 53.1 Å². The number of benzene rings is 2. The van der Waals surface area contributed by atoms with Crippen molar-refractivity contribution in [1.82, 2.24) is 9.62 Å². The summed E-state index contributed by atoms with van der Waals surface area (Å²) in [6.45, 7) is 0.810. The lowest BCUT2D eigenvalue weighted by molar-refractivity contribution is -0.119. The standard InChI is InChI=1S/C22H26ClN3O6S/c1-31-19-12-16(11-18(23)21(19)32-14-20(24)27)22(28)25-13-15-7-9-26(10-8-15)33(29,30)17-5-3-2-4-6-17/h2-6,11-12,15H,7-10,13-14H2,1H3,(H2,24,27)(H,25,28). The number of primary amides is 1. The third-order valence-corrected chi connectivity index (χ3v) is 7.55. The Morgan fingerprint density at radius 1 is 1.18 bits per heavy atom. The second kappa shape index (κ2) is 10.9. The molecule has 1 aliphatic rings. The van der Waals surface area contributed by atoms with Crippen molar-refractivity contribution in [2.75, 3.05) is 33.4 Å². The first-order valence-corrected chi connectivity index (χ1v) is 12.2. The van der Waals surface area contributed by atoms with Gasteiger partial charge in [-0.05, 0) is 43.0 Å². The third-order valence-electron chi connectivity index (χ3n) is 5.36. The summed E-state index contributed by atoms with van der Waals surface area (Å²) in [5.74, 6) is -0.546. The average molecular weight is 496 g/mol. The van der Waals surface area contributed by atoms with Crippen molar-refractivity contribution in [1.29, 1.82) is 0 Å². The number of sulfonamides is 1. The lowest BCUT2D eigenvalue weighted by Crippen LogP contribution is -2.41. The normalized spacial score (nSPS) is 15.1. The van der Waals surface area contributed by atoms with Gasteiger partial charge in [-0.25, -0.2) is 8.42 Å². The first-order valence-electron chi connectivity index (χ1n) is 10.3. The SMILES string of the molecule is COc1cc(C(=O)NCC2CCN(S(=O)(=O)c3ccccc3)CC2)cc(Cl)c1OCC(N)=O. The Balaban J connectivity index is 1.56. The highest BCUT2D eigenvalue weighted by atomic mass is 35.5. The maximum absolute atomic E-state index is 12.7. The summed E-state index contributed by atoms with van der Waals surface area (Å²) in [4.78, 5) is 23.9. The summed E-state index contributed by atoms with van der Waals surface area (Å²) < 4.78 is 37.5. The summed E-state index contributed by atoms with van der Waals surface area (Å²) >= 11 is 6.20. The van der Waals surface area contributed by atoms with Gasteiger partial charge in [-0.2, -0.15) is 4.31 Å². The first-order chi connectivity index (χ1) is 15.7. The largest absolute Gasteiger partial charge is 0.493 e. The number of carbonyl (C=O) groups is 2. The lowest BCUT2D eigenvalue weighted by Gasteiger charge is -2.31. The summed E-state index contributed by atoms with van der Waals surface area (Å²) in [5.41, 5.74) is 5.35. The molecule has 0 spiro atoms. The van der Waals surface area contributed by atoms with Gasteiger partial charge in [0.15, 0.2) is 18.1 Å². The van der Waals surface area contributed by atoms with Gasteiger partial charge < -0.3 is 20.5 Å². The molecule has 0 bridgehead atoms. The predicted molar refractivity (Wildman–Crippen MR) is 123 cm³/mol. The molecule has 178 valence electrons. The molecule has 0 unspecified atom stereocenters. The van der Waals surface area contributed by atoms with Crippen molar-refractivity contribution in [3.63, 3.8) is 0 Å². The number of methoxy groups -OCH3 is 1. The quantitative estimate of drug-likeness (QED) is 0.548. The highest BCUT2D eigenvalue weighted by Gasteiger charge is 2.29. The van der Waals surface area contributed by atoms with Gasteiger partial charge in [0, 0.05) is 25.2 Å².